The molecule has 2 saturated heterocycles. The number of aliphatic hydroxyl groups excluding tert-OH is 3. The highest BCUT2D eigenvalue weighted by Crippen LogP contribution is 2.33. The Labute approximate surface area is 250 Å². The van der Waals surface area contributed by atoms with Gasteiger partial charge in [0.1, 0.15) is 18.3 Å². The Bertz CT molecular complexity index is 1330. The minimum absolute atomic E-state index is 0.0486. The number of rotatable bonds is 11. The summed E-state index contributed by atoms with van der Waals surface area (Å²) in [5.74, 6) is -1.80. The third-order valence-electron chi connectivity index (χ3n) is 8.32. The molecule has 3 aromatic rings. The molecule has 10 nitrogen and oxygen atoms in total. The number of likely N-dealkylation sites (tertiary alicyclic amines) is 1. The summed E-state index contributed by atoms with van der Waals surface area (Å²) in [6, 6.07) is 27.3. The molecule has 0 aromatic heterocycles. The first kappa shape index (κ1) is 30.8. The first-order valence-corrected chi connectivity index (χ1v) is 14.5. The molecular weight excluding hydrogens is 552 g/mol. The maximum Gasteiger partial charge on any atom is 0.335 e. The van der Waals surface area contributed by atoms with E-state index in [0.717, 1.165) is 22.4 Å². The van der Waals surface area contributed by atoms with Crippen LogP contribution in [0.1, 0.15) is 42.0 Å². The quantitative estimate of drug-likeness (QED) is 0.226. The van der Waals surface area contributed by atoms with E-state index in [1.807, 2.05) is 84.9 Å². The van der Waals surface area contributed by atoms with E-state index in [-0.39, 0.29) is 18.4 Å². The van der Waals surface area contributed by atoms with E-state index in [1.165, 1.54) is 0 Å². The highest BCUT2D eigenvalue weighted by molar-refractivity contribution is 5.92. The van der Waals surface area contributed by atoms with Gasteiger partial charge in [0.05, 0.1) is 18.6 Å². The van der Waals surface area contributed by atoms with Gasteiger partial charge in [0, 0.05) is 24.8 Å². The van der Waals surface area contributed by atoms with Crippen molar-refractivity contribution in [3.05, 3.63) is 102 Å². The Morgan fingerprint density at radius 2 is 1.51 bits per heavy atom. The van der Waals surface area contributed by atoms with E-state index in [2.05, 4.69) is 17.1 Å². The second-order valence-corrected chi connectivity index (χ2v) is 11.1. The molecule has 2 heterocycles. The molecule has 0 spiro atoms. The normalized spacial score (nSPS) is 26.7. The first-order chi connectivity index (χ1) is 20.7. The third kappa shape index (κ3) is 6.96. The van der Waals surface area contributed by atoms with Crippen LogP contribution in [0.3, 0.4) is 0 Å². The van der Waals surface area contributed by atoms with Gasteiger partial charge in [0.25, 0.3) is 0 Å². The highest BCUT2D eigenvalue weighted by Gasteiger charge is 2.48. The lowest BCUT2D eigenvalue weighted by Crippen LogP contribution is -2.60. The van der Waals surface area contributed by atoms with Crippen LogP contribution in [0.2, 0.25) is 0 Å². The van der Waals surface area contributed by atoms with Gasteiger partial charge in [0.15, 0.2) is 18.2 Å². The number of aliphatic carboxylic acids is 1. The SMILES string of the molecule is CC(c1ccccc1NCC(=O)C(c1ccccc1)c1ccccc1)N1CCC(OC2OC(C(=O)O)C(O)C(O)C2O)C1. The number of nitrogens with one attached hydrogen (secondary N) is 1. The van der Waals surface area contributed by atoms with Crippen LogP contribution in [0.25, 0.3) is 0 Å². The fraction of sp³-hybridized carbons (Fsp3) is 0.394. The number of Topliss-reactive ketones (excluding diaryl/α,β-unsaturated/α-hetero) is 1. The van der Waals surface area contributed by atoms with Crippen LogP contribution in [0, 0.1) is 0 Å². The molecule has 0 saturated carbocycles. The summed E-state index contributed by atoms with van der Waals surface area (Å²) >= 11 is 0. The smallest absolute Gasteiger partial charge is 0.335 e. The second kappa shape index (κ2) is 13.8. The fourth-order valence-electron chi connectivity index (χ4n) is 5.93. The average Bonchev–Trinajstić information content (AvgIpc) is 3.49. The summed E-state index contributed by atoms with van der Waals surface area (Å²) in [6.45, 7) is 3.34. The minimum Gasteiger partial charge on any atom is -0.479 e. The van der Waals surface area contributed by atoms with Crippen molar-refractivity contribution in [1.82, 2.24) is 4.90 Å². The van der Waals surface area contributed by atoms with Crippen molar-refractivity contribution in [2.24, 2.45) is 0 Å². The minimum atomic E-state index is -1.76. The van der Waals surface area contributed by atoms with Gasteiger partial charge in [-0.3, -0.25) is 9.69 Å². The van der Waals surface area contributed by atoms with E-state index < -0.39 is 48.7 Å². The van der Waals surface area contributed by atoms with Crippen molar-refractivity contribution in [3.63, 3.8) is 0 Å². The predicted molar refractivity (Wildman–Crippen MR) is 158 cm³/mol. The van der Waals surface area contributed by atoms with Crippen LogP contribution < -0.4 is 5.32 Å². The Hall–Kier alpha value is -3.64. The molecule has 2 aliphatic rings. The molecule has 0 aliphatic carbocycles. The van der Waals surface area contributed by atoms with Crippen LogP contribution in [-0.2, 0) is 19.1 Å². The van der Waals surface area contributed by atoms with Crippen LogP contribution >= 0.6 is 0 Å². The number of carboxylic acid groups (broad SMARTS) is 1. The third-order valence-corrected chi connectivity index (χ3v) is 8.32. The molecule has 5 rings (SSSR count). The number of nitrogens with zero attached hydrogens (tertiary/aromatic N) is 1. The van der Waals surface area contributed by atoms with Crippen molar-refractivity contribution < 1.29 is 39.5 Å². The van der Waals surface area contributed by atoms with E-state index in [4.69, 9.17) is 9.47 Å². The van der Waals surface area contributed by atoms with Gasteiger partial charge in [-0.25, -0.2) is 4.79 Å². The molecule has 5 N–H and O–H groups in total. The number of carbonyl (C=O) groups is 2. The molecule has 0 bridgehead atoms. The van der Waals surface area contributed by atoms with Gasteiger partial charge in [-0.1, -0.05) is 78.9 Å². The Morgan fingerprint density at radius 3 is 2.14 bits per heavy atom. The molecule has 2 aliphatic heterocycles. The number of carbonyl (C=O) groups excluding carboxylic acids is 1. The lowest BCUT2D eigenvalue weighted by Gasteiger charge is -2.39. The summed E-state index contributed by atoms with van der Waals surface area (Å²) < 4.78 is 11.2. The van der Waals surface area contributed by atoms with Gasteiger partial charge in [-0.15, -0.1) is 0 Å². The van der Waals surface area contributed by atoms with Crippen LogP contribution in [0.15, 0.2) is 84.9 Å². The Morgan fingerprint density at radius 1 is 0.907 bits per heavy atom. The molecule has 10 heteroatoms. The number of hydrogen-bond donors (Lipinski definition) is 5. The first-order valence-electron chi connectivity index (χ1n) is 14.5. The number of ether oxygens (including phenoxy) is 2. The molecule has 0 amide bonds. The zero-order chi connectivity index (χ0) is 30.5. The van der Waals surface area contributed by atoms with Gasteiger partial charge < -0.3 is 35.2 Å². The molecule has 43 heavy (non-hydrogen) atoms. The summed E-state index contributed by atoms with van der Waals surface area (Å²) in [5, 5.41) is 43.1. The van der Waals surface area contributed by atoms with Crippen LogP contribution in [-0.4, -0.2) is 93.5 Å². The number of aliphatic hydroxyl groups is 3. The zero-order valence-corrected chi connectivity index (χ0v) is 23.9. The van der Waals surface area contributed by atoms with Crippen molar-refractivity contribution in [2.45, 2.75) is 62.1 Å². The van der Waals surface area contributed by atoms with Gasteiger partial charge in [0.2, 0.25) is 0 Å². The van der Waals surface area contributed by atoms with Gasteiger partial charge >= 0.3 is 5.97 Å². The molecule has 7 atom stereocenters. The van der Waals surface area contributed by atoms with Crippen LogP contribution in [0.4, 0.5) is 5.69 Å². The zero-order valence-electron chi connectivity index (χ0n) is 23.9. The lowest BCUT2D eigenvalue weighted by atomic mass is 9.87. The Balaban J connectivity index is 1.23. The van der Waals surface area contributed by atoms with E-state index in [9.17, 15) is 30.0 Å². The van der Waals surface area contributed by atoms with E-state index >= 15 is 0 Å². The molecular formula is C33H38N2O8. The fourth-order valence-corrected chi connectivity index (χ4v) is 5.93. The lowest BCUT2D eigenvalue weighted by molar-refractivity contribution is -0.303. The average molecular weight is 591 g/mol. The number of benzene rings is 3. The standard InChI is InChI=1S/C33H38N2O8/c1-20(35-17-16-23(19-35)42-33-30(39)28(37)29(38)31(43-33)32(40)41)24-14-8-9-15-25(24)34-18-26(36)27(21-10-4-2-5-11-21)22-12-6-3-7-13-22/h2-15,20,23,27-31,33-34,37-39H,16-19H2,1H3,(H,40,41). The largest absolute Gasteiger partial charge is 0.479 e. The van der Waals surface area contributed by atoms with Crippen molar-refractivity contribution >= 4 is 17.4 Å². The van der Waals surface area contributed by atoms with Crippen LogP contribution in [0.5, 0.6) is 0 Å². The summed E-state index contributed by atoms with van der Waals surface area (Å²) in [6.07, 6.45) is -7.95. The highest BCUT2D eigenvalue weighted by atomic mass is 16.7. The molecule has 7 unspecified atom stereocenters. The molecule has 0 radical (unpaired) electrons. The predicted octanol–water partition coefficient (Wildman–Crippen LogP) is 2.54. The number of hydrogen-bond acceptors (Lipinski definition) is 9. The van der Waals surface area contributed by atoms with Crippen molar-refractivity contribution in [2.75, 3.05) is 25.0 Å². The molecule has 2 fully saturated rings. The Kier molecular flexibility index (Phi) is 9.86. The second-order valence-electron chi connectivity index (χ2n) is 11.1. The van der Waals surface area contributed by atoms with E-state index in [1.54, 1.807) is 0 Å². The topological polar surface area (TPSA) is 149 Å². The molecule has 3 aromatic carbocycles. The monoisotopic (exact) mass is 590 g/mol. The molecule has 228 valence electrons. The number of para-hydroxylation sites is 1. The number of anilines is 1. The van der Waals surface area contributed by atoms with Crippen molar-refractivity contribution in [3.8, 4) is 0 Å². The maximum atomic E-state index is 13.6. The van der Waals surface area contributed by atoms with E-state index in [0.29, 0.717) is 19.5 Å². The van der Waals surface area contributed by atoms with Crippen molar-refractivity contribution in [1.29, 1.82) is 0 Å². The number of carboxylic acids is 1. The van der Waals surface area contributed by atoms with Gasteiger partial charge in [-0.05, 0) is 36.1 Å². The summed E-state index contributed by atoms with van der Waals surface area (Å²) in [7, 11) is 0. The van der Waals surface area contributed by atoms with Gasteiger partial charge in [-0.2, -0.15) is 0 Å². The summed E-state index contributed by atoms with van der Waals surface area (Å²) in [5.41, 5.74) is 3.73. The summed E-state index contributed by atoms with van der Waals surface area (Å²) in [4.78, 5) is 27.3. The maximum absolute atomic E-state index is 13.6. The number of ketones is 1.